The Morgan fingerprint density at radius 3 is 2.49 bits per heavy atom. The van der Waals surface area contributed by atoms with E-state index in [-0.39, 0.29) is 16.8 Å². The van der Waals surface area contributed by atoms with Gasteiger partial charge in [-0.2, -0.15) is 5.01 Å². The van der Waals surface area contributed by atoms with E-state index >= 15 is 0 Å². The zero-order valence-electron chi connectivity index (χ0n) is 20.8. The van der Waals surface area contributed by atoms with E-state index in [1.54, 1.807) is 36.4 Å². The van der Waals surface area contributed by atoms with Crippen molar-refractivity contribution < 1.29 is 23.9 Å². The van der Waals surface area contributed by atoms with Crippen molar-refractivity contribution >= 4 is 52.1 Å². The standard InChI is InChI=1S/C27H29N3O5S2/c1-3-34-22-15-19(9-12-21(22)35-17-24(31)29-13-5-4-6-14-29)16-23-26(33)30(27(36)37-23)28-25(32)20-10-7-18(2)8-11-20/h7-12,15-16H,3-6,13-14,17H2,1-2H3,(H,28,32)/b23-16+. The number of piperidine rings is 1. The van der Waals surface area contributed by atoms with E-state index in [0.29, 0.717) is 34.1 Å². The van der Waals surface area contributed by atoms with Gasteiger partial charge in [0.15, 0.2) is 22.4 Å². The molecule has 0 saturated carbocycles. The van der Waals surface area contributed by atoms with Crippen LogP contribution in [0, 0.1) is 6.92 Å². The van der Waals surface area contributed by atoms with E-state index in [4.69, 9.17) is 21.7 Å². The molecule has 0 spiro atoms. The number of thiocarbonyl (C=S) groups is 1. The maximum Gasteiger partial charge on any atom is 0.285 e. The molecule has 1 N–H and O–H groups in total. The Morgan fingerprint density at radius 2 is 1.78 bits per heavy atom. The summed E-state index contributed by atoms with van der Waals surface area (Å²) in [5.41, 5.74) is 4.74. The van der Waals surface area contributed by atoms with Crippen molar-refractivity contribution in [2.75, 3.05) is 26.3 Å². The third-order valence-corrected chi connectivity index (χ3v) is 7.25. The van der Waals surface area contributed by atoms with Gasteiger partial charge in [0.25, 0.3) is 17.7 Å². The summed E-state index contributed by atoms with van der Waals surface area (Å²) in [5, 5.41) is 1.08. The number of carbonyl (C=O) groups is 3. The average Bonchev–Trinajstić information content (AvgIpc) is 3.16. The number of rotatable bonds is 8. The Hall–Kier alpha value is -3.37. The predicted molar refractivity (Wildman–Crippen MR) is 147 cm³/mol. The molecule has 10 heteroatoms. The van der Waals surface area contributed by atoms with Gasteiger partial charge in [-0.15, -0.1) is 0 Å². The first-order valence-electron chi connectivity index (χ1n) is 12.2. The summed E-state index contributed by atoms with van der Waals surface area (Å²) >= 11 is 6.43. The monoisotopic (exact) mass is 539 g/mol. The van der Waals surface area contributed by atoms with Crippen molar-refractivity contribution in [1.29, 1.82) is 0 Å². The summed E-state index contributed by atoms with van der Waals surface area (Å²) in [6, 6.07) is 12.3. The second-order valence-corrected chi connectivity index (χ2v) is 10.4. The van der Waals surface area contributed by atoms with Crippen molar-refractivity contribution in [2.45, 2.75) is 33.1 Å². The SMILES string of the molecule is CCOc1cc(/C=C2/SC(=S)N(NC(=O)c3ccc(C)cc3)C2=O)ccc1OCC(=O)N1CCCCC1. The summed E-state index contributed by atoms with van der Waals surface area (Å²) in [4.78, 5) is 40.2. The number of nitrogens with zero attached hydrogens (tertiary/aromatic N) is 2. The van der Waals surface area contributed by atoms with E-state index in [9.17, 15) is 14.4 Å². The Labute approximate surface area is 225 Å². The summed E-state index contributed by atoms with van der Waals surface area (Å²) in [7, 11) is 0. The lowest BCUT2D eigenvalue weighted by Crippen LogP contribution is -2.44. The topological polar surface area (TPSA) is 88.2 Å². The van der Waals surface area contributed by atoms with Gasteiger partial charge in [0.2, 0.25) is 0 Å². The molecule has 4 rings (SSSR count). The van der Waals surface area contributed by atoms with Crippen molar-refractivity contribution in [3.05, 3.63) is 64.1 Å². The Bertz CT molecular complexity index is 1220. The van der Waals surface area contributed by atoms with E-state index in [2.05, 4.69) is 5.43 Å². The number of thioether (sulfide) groups is 1. The zero-order valence-corrected chi connectivity index (χ0v) is 22.5. The Balaban J connectivity index is 1.44. The van der Waals surface area contributed by atoms with Gasteiger partial charge in [-0.1, -0.05) is 35.5 Å². The third kappa shape index (κ3) is 6.69. The number of ether oxygens (including phenoxy) is 2. The number of likely N-dealkylation sites (tertiary alicyclic amines) is 1. The Kier molecular flexibility index (Phi) is 8.83. The molecule has 0 aromatic heterocycles. The van der Waals surface area contributed by atoms with Crippen molar-refractivity contribution in [3.63, 3.8) is 0 Å². The molecule has 194 valence electrons. The van der Waals surface area contributed by atoms with Gasteiger partial charge in [-0.25, -0.2) is 0 Å². The number of hydrogen-bond donors (Lipinski definition) is 1. The normalized spacial score (nSPS) is 16.8. The molecular weight excluding hydrogens is 510 g/mol. The van der Waals surface area contributed by atoms with Crippen LogP contribution in [-0.2, 0) is 9.59 Å². The van der Waals surface area contributed by atoms with Crippen molar-refractivity contribution in [1.82, 2.24) is 15.3 Å². The van der Waals surface area contributed by atoms with Crippen LogP contribution in [0.5, 0.6) is 11.5 Å². The molecule has 2 heterocycles. The number of hydrogen-bond acceptors (Lipinski definition) is 7. The number of hydrazine groups is 1. The summed E-state index contributed by atoms with van der Waals surface area (Å²) in [6.07, 6.45) is 4.88. The van der Waals surface area contributed by atoms with Crippen molar-refractivity contribution in [3.8, 4) is 11.5 Å². The molecule has 0 unspecified atom stereocenters. The fourth-order valence-electron chi connectivity index (χ4n) is 3.96. The fraction of sp³-hybridized carbons (Fsp3) is 0.333. The van der Waals surface area contributed by atoms with Gasteiger partial charge >= 0.3 is 0 Å². The van der Waals surface area contributed by atoms with Crippen LogP contribution in [0.1, 0.15) is 47.7 Å². The maximum absolute atomic E-state index is 13.0. The minimum absolute atomic E-state index is 0.0393. The Morgan fingerprint density at radius 1 is 1.05 bits per heavy atom. The number of aryl methyl sites for hydroxylation is 1. The highest BCUT2D eigenvalue weighted by Crippen LogP contribution is 2.34. The molecule has 8 nitrogen and oxygen atoms in total. The lowest BCUT2D eigenvalue weighted by Gasteiger charge is -2.26. The van der Waals surface area contributed by atoms with E-state index < -0.39 is 11.8 Å². The van der Waals surface area contributed by atoms with Crippen LogP contribution < -0.4 is 14.9 Å². The molecule has 2 saturated heterocycles. The average molecular weight is 540 g/mol. The molecule has 2 aliphatic rings. The molecule has 2 aromatic rings. The smallest absolute Gasteiger partial charge is 0.285 e. The van der Waals surface area contributed by atoms with Gasteiger partial charge in [-0.05, 0) is 81.2 Å². The highest BCUT2D eigenvalue weighted by Gasteiger charge is 2.34. The highest BCUT2D eigenvalue weighted by atomic mass is 32.2. The minimum atomic E-state index is -0.420. The van der Waals surface area contributed by atoms with Crippen LogP contribution in [0.3, 0.4) is 0 Å². The zero-order chi connectivity index (χ0) is 26.4. The van der Waals surface area contributed by atoms with Crippen LogP contribution in [-0.4, -0.2) is 58.3 Å². The van der Waals surface area contributed by atoms with E-state index in [0.717, 1.165) is 54.7 Å². The molecule has 0 bridgehead atoms. The number of amides is 3. The fourth-order valence-corrected chi connectivity index (χ4v) is 5.14. The first kappa shape index (κ1) is 26.7. The summed E-state index contributed by atoms with van der Waals surface area (Å²) < 4.78 is 11.8. The van der Waals surface area contributed by atoms with Crippen LogP contribution >= 0.6 is 24.0 Å². The first-order valence-corrected chi connectivity index (χ1v) is 13.4. The lowest BCUT2D eigenvalue weighted by molar-refractivity contribution is -0.134. The van der Waals surface area contributed by atoms with Crippen LogP contribution in [0.2, 0.25) is 0 Å². The van der Waals surface area contributed by atoms with Crippen molar-refractivity contribution in [2.24, 2.45) is 0 Å². The molecule has 0 radical (unpaired) electrons. The molecule has 2 fully saturated rings. The van der Waals surface area contributed by atoms with E-state index in [1.807, 2.05) is 30.9 Å². The molecule has 3 amide bonds. The largest absolute Gasteiger partial charge is 0.490 e. The third-order valence-electron chi connectivity index (χ3n) is 5.95. The predicted octanol–water partition coefficient (Wildman–Crippen LogP) is 4.33. The minimum Gasteiger partial charge on any atom is -0.490 e. The van der Waals surface area contributed by atoms with Gasteiger partial charge in [0.05, 0.1) is 11.5 Å². The molecule has 2 aliphatic heterocycles. The second-order valence-electron chi connectivity index (χ2n) is 8.69. The van der Waals surface area contributed by atoms with Crippen LogP contribution in [0.4, 0.5) is 0 Å². The van der Waals surface area contributed by atoms with Crippen LogP contribution in [0.25, 0.3) is 6.08 Å². The quantitative estimate of drug-likeness (QED) is 0.395. The highest BCUT2D eigenvalue weighted by molar-refractivity contribution is 8.26. The van der Waals surface area contributed by atoms with Gasteiger partial charge in [0.1, 0.15) is 0 Å². The van der Waals surface area contributed by atoms with Gasteiger partial charge < -0.3 is 14.4 Å². The molecule has 2 aromatic carbocycles. The summed E-state index contributed by atoms with van der Waals surface area (Å²) in [6.45, 7) is 5.68. The number of carbonyl (C=O) groups excluding carboxylic acids is 3. The maximum atomic E-state index is 13.0. The second kappa shape index (κ2) is 12.2. The van der Waals surface area contributed by atoms with E-state index in [1.165, 1.54) is 0 Å². The number of nitrogens with one attached hydrogen (secondary N) is 1. The molecular formula is C27H29N3O5S2. The number of benzene rings is 2. The first-order chi connectivity index (χ1) is 17.9. The molecule has 0 atom stereocenters. The summed E-state index contributed by atoms with van der Waals surface area (Å²) in [5.74, 6) is 0.0633. The van der Waals surface area contributed by atoms with Gasteiger partial charge in [0, 0.05) is 18.7 Å². The molecule has 37 heavy (non-hydrogen) atoms. The van der Waals surface area contributed by atoms with Crippen LogP contribution in [0.15, 0.2) is 47.4 Å². The molecule has 0 aliphatic carbocycles. The lowest BCUT2D eigenvalue weighted by atomic mass is 10.1. The van der Waals surface area contributed by atoms with Gasteiger partial charge in [-0.3, -0.25) is 19.8 Å².